The molecule has 1 aromatic heterocycles. The first-order valence-corrected chi connectivity index (χ1v) is 10.8. The van der Waals surface area contributed by atoms with E-state index in [-0.39, 0.29) is 18.1 Å². The smallest absolute Gasteiger partial charge is 0.237 e. The van der Waals surface area contributed by atoms with Crippen LogP contribution >= 0.6 is 0 Å². The molecule has 3 aromatic rings. The fraction of sp³-hybridized carbons (Fsp3) is 0.320. The Balaban J connectivity index is 1.24. The molecule has 2 aliphatic heterocycles. The molecule has 0 radical (unpaired) electrons. The normalized spacial score (nSPS) is 19.6. The van der Waals surface area contributed by atoms with Crippen LogP contribution in [0.5, 0.6) is 11.6 Å². The second-order valence-electron chi connectivity index (χ2n) is 8.35. The Bertz CT molecular complexity index is 1130. The standard InChI is InChI=1S/C25H26N4O3/c1-29-15-18-7-4-3-6-16(18)13-22(29)25(30)26-14-19-12-17-8-5-9-20(24(17)32-19)21-10-11-23(31-2)28-27-21/h3-11,19,22H,12-15H2,1-2H3,(H,26,30). The van der Waals surface area contributed by atoms with E-state index in [0.29, 0.717) is 12.4 Å². The van der Waals surface area contributed by atoms with Gasteiger partial charge in [0.05, 0.1) is 25.4 Å². The minimum absolute atomic E-state index is 0.0443. The Kier molecular flexibility index (Phi) is 5.49. The number of likely N-dealkylation sites (N-methyl/N-ethyl adjacent to an activating group) is 1. The Hall–Kier alpha value is -3.45. The van der Waals surface area contributed by atoms with Crippen LogP contribution in [-0.4, -0.2) is 53.9 Å². The predicted molar refractivity (Wildman–Crippen MR) is 121 cm³/mol. The summed E-state index contributed by atoms with van der Waals surface area (Å²) in [5, 5.41) is 11.4. The maximum absolute atomic E-state index is 13.0. The summed E-state index contributed by atoms with van der Waals surface area (Å²) in [6, 6.07) is 17.9. The summed E-state index contributed by atoms with van der Waals surface area (Å²) in [6.07, 6.45) is 1.36. The van der Waals surface area contributed by atoms with Gasteiger partial charge in [-0.2, -0.15) is 0 Å². The van der Waals surface area contributed by atoms with E-state index in [1.165, 1.54) is 11.1 Å². The average molecular weight is 431 g/mol. The van der Waals surface area contributed by atoms with Crippen molar-refractivity contribution in [2.75, 3.05) is 20.7 Å². The number of hydrogen-bond donors (Lipinski definition) is 1. The van der Waals surface area contributed by atoms with Gasteiger partial charge in [-0.3, -0.25) is 9.69 Å². The van der Waals surface area contributed by atoms with Gasteiger partial charge in [-0.15, -0.1) is 10.2 Å². The van der Waals surface area contributed by atoms with Crippen LogP contribution in [0.25, 0.3) is 11.3 Å². The van der Waals surface area contributed by atoms with Crippen molar-refractivity contribution in [3.05, 3.63) is 71.3 Å². The number of methoxy groups -OCH3 is 1. The Morgan fingerprint density at radius 1 is 1.06 bits per heavy atom. The summed E-state index contributed by atoms with van der Waals surface area (Å²) < 4.78 is 11.3. The van der Waals surface area contributed by atoms with Crippen LogP contribution in [0.4, 0.5) is 0 Å². The number of nitrogens with one attached hydrogen (secondary N) is 1. The highest BCUT2D eigenvalue weighted by atomic mass is 16.5. The molecular formula is C25H26N4O3. The predicted octanol–water partition coefficient (Wildman–Crippen LogP) is 2.63. The molecule has 1 N–H and O–H groups in total. The van der Waals surface area contributed by atoms with Crippen LogP contribution in [0, 0.1) is 0 Å². The molecule has 7 heteroatoms. The van der Waals surface area contributed by atoms with Crippen molar-refractivity contribution < 1.29 is 14.3 Å². The lowest BCUT2D eigenvalue weighted by molar-refractivity contribution is -0.126. The van der Waals surface area contributed by atoms with Crippen LogP contribution in [0.15, 0.2) is 54.6 Å². The van der Waals surface area contributed by atoms with Crippen molar-refractivity contribution in [2.24, 2.45) is 0 Å². The number of aromatic nitrogens is 2. The minimum atomic E-state index is -0.168. The van der Waals surface area contributed by atoms with Gasteiger partial charge < -0.3 is 14.8 Å². The zero-order valence-electron chi connectivity index (χ0n) is 18.2. The van der Waals surface area contributed by atoms with Gasteiger partial charge in [-0.05, 0) is 42.3 Å². The molecule has 0 aliphatic carbocycles. The summed E-state index contributed by atoms with van der Waals surface area (Å²) in [4.78, 5) is 15.1. The first-order chi connectivity index (χ1) is 15.6. The number of nitrogens with zero attached hydrogens (tertiary/aromatic N) is 3. The number of carbonyl (C=O) groups is 1. The fourth-order valence-corrected chi connectivity index (χ4v) is 4.51. The van der Waals surface area contributed by atoms with E-state index in [1.807, 2.05) is 37.4 Å². The molecule has 0 saturated heterocycles. The van der Waals surface area contributed by atoms with E-state index in [1.54, 1.807) is 13.2 Å². The first-order valence-electron chi connectivity index (χ1n) is 10.8. The van der Waals surface area contributed by atoms with Crippen molar-refractivity contribution in [1.29, 1.82) is 0 Å². The lowest BCUT2D eigenvalue weighted by Crippen LogP contribution is -2.50. The number of hydrogen-bond acceptors (Lipinski definition) is 6. The van der Waals surface area contributed by atoms with E-state index in [4.69, 9.17) is 9.47 Å². The Morgan fingerprint density at radius 2 is 1.88 bits per heavy atom. The third kappa shape index (κ3) is 3.91. The number of rotatable bonds is 5. The first kappa shape index (κ1) is 20.5. The molecule has 0 fully saturated rings. The van der Waals surface area contributed by atoms with E-state index in [2.05, 4.69) is 38.6 Å². The van der Waals surface area contributed by atoms with Crippen molar-refractivity contribution in [3.63, 3.8) is 0 Å². The molecule has 1 amide bonds. The van der Waals surface area contributed by atoms with Crippen LogP contribution in [0.3, 0.4) is 0 Å². The zero-order chi connectivity index (χ0) is 22.1. The zero-order valence-corrected chi connectivity index (χ0v) is 18.2. The highest BCUT2D eigenvalue weighted by molar-refractivity contribution is 5.82. The van der Waals surface area contributed by atoms with Crippen LogP contribution in [0.1, 0.15) is 16.7 Å². The lowest BCUT2D eigenvalue weighted by Gasteiger charge is -2.33. The molecule has 0 bridgehead atoms. The third-order valence-corrected chi connectivity index (χ3v) is 6.24. The van der Waals surface area contributed by atoms with E-state index >= 15 is 0 Å². The van der Waals surface area contributed by atoms with Gasteiger partial charge in [0.2, 0.25) is 11.8 Å². The SMILES string of the molecule is COc1ccc(-c2cccc3c2OC(CNC(=O)C2Cc4ccccc4CN2C)C3)nn1. The number of ether oxygens (including phenoxy) is 2. The molecule has 7 nitrogen and oxygen atoms in total. The Morgan fingerprint density at radius 3 is 2.66 bits per heavy atom. The molecule has 164 valence electrons. The van der Waals surface area contributed by atoms with Gasteiger partial charge >= 0.3 is 0 Å². The van der Waals surface area contributed by atoms with Gasteiger partial charge in [0.15, 0.2) is 0 Å². The maximum atomic E-state index is 13.0. The van der Waals surface area contributed by atoms with Crippen molar-refractivity contribution in [3.8, 4) is 22.9 Å². The minimum Gasteiger partial charge on any atom is -0.487 e. The quantitative estimate of drug-likeness (QED) is 0.671. The highest BCUT2D eigenvalue weighted by Crippen LogP contribution is 2.38. The monoisotopic (exact) mass is 430 g/mol. The average Bonchev–Trinajstić information content (AvgIpc) is 3.25. The van der Waals surface area contributed by atoms with Crippen LogP contribution < -0.4 is 14.8 Å². The summed E-state index contributed by atoms with van der Waals surface area (Å²) in [5.74, 6) is 1.33. The largest absolute Gasteiger partial charge is 0.487 e. The van der Waals surface area contributed by atoms with Gasteiger partial charge in [0, 0.05) is 24.6 Å². The van der Waals surface area contributed by atoms with Crippen LogP contribution in [0.2, 0.25) is 0 Å². The van der Waals surface area contributed by atoms with E-state index < -0.39 is 0 Å². The van der Waals surface area contributed by atoms with E-state index in [9.17, 15) is 4.79 Å². The number of fused-ring (bicyclic) bond motifs is 2. The van der Waals surface area contributed by atoms with Crippen molar-refractivity contribution in [2.45, 2.75) is 31.5 Å². The van der Waals surface area contributed by atoms with Crippen LogP contribution in [-0.2, 0) is 24.2 Å². The number of benzene rings is 2. The van der Waals surface area contributed by atoms with Crippen molar-refractivity contribution in [1.82, 2.24) is 20.4 Å². The summed E-state index contributed by atoms with van der Waals surface area (Å²) >= 11 is 0. The Labute approximate surface area is 187 Å². The van der Waals surface area contributed by atoms with Gasteiger partial charge in [0.1, 0.15) is 11.9 Å². The molecule has 2 aliphatic rings. The highest BCUT2D eigenvalue weighted by Gasteiger charge is 2.31. The molecule has 5 rings (SSSR count). The second-order valence-corrected chi connectivity index (χ2v) is 8.35. The van der Waals surface area contributed by atoms with Gasteiger partial charge in [-0.25, -0.2) is 0 Å². The molecule has 0 saturated carbocycles. The number of para-hydroxylation sites is 1. The summed E-state index contributed by atoms with van der Waals surface area (Å²) in [6.45, 7) is 1.25. The number of carbonyl (C=O) groups excluding carboxylic acids is 1. The lowest BCUT2D eigenvalue weighted by atomic mass is 9.94. The third-order valence-electron chi connectivity index (χ3n) is 6.24. The molecule has 0 spiro atoms. The second kappa shape index (κ2) is 8.59. The van der Waals surface area contributed by atoms with Crippen molar-refractivity contribution >= 4 is 5.91 Å². The summed E-state index contributed by atoms with van der Waals surface area (Å²) in [5.41, 5.74) is 5.29. The molecule has 2 atom stereocenters. The summed E-state index contributed by atoms with van der Waals surface area (Å²) in [7, 11) is 3.57. The maximum Gasteiger partial charge on any atom is 0.237 e. The molecular weight excluding hydrogens is 404 g/mol. The van der Waals surface area contributed by atoms with E-state index in [0.717, 1.165) is 42.0 Å². The number of amides is 1. The van der Waals surface area contributed by atoms with Gasteiger partial charge in [0.25, 0.3) is 0 Å². The topological polar surface area (TPSA) is 76.6 Å². The molecule has 32 heavy (non-hydrogen) atoms. The molecule has 2 unspecified atom stereocenters. The van der Waals surface area contributed by atoms with Gasteiger partial charge in [-0.1, -0.05) is 36.4 Å². The fourth-order valence-electron chi connectivity index (χ4n) is 4.51. The molecule has 2 aromatic carbocycles. The molecule has 3 heterocycles.